The number of hydrogen-bond acceptors (Lipinski definition) is 6. The van der Waals surface area contributed by atoms with Crippen LogP contribution in [0.5, 0.6) is 17.2 Å². The van der Waals surface area contributed by atoms with E-state index in [-0.39, 0.29) is 13.4 Å². The summed E-state index contributed by atoms with van der Waals surface area (Å²) < 4.78 is 22.4. The van der Waals surface area contributed by atoms with Gasteiger partial charge < -0.3 is 18.9 Å². The lowest BCUT2D eigenvalue weighted by molar-refractivity contribution is -0.146. The molecule has 2 atom stereocenters. The van der Waals surface area contributed by atoms with Crippen LogP contribution >= 0.6 is 0 Å². The Balaban J connectivity index is 1.85. The van der Waals surface area contributed by atoms with Crippen molar-refractivity contribution in [1.82, 2.24) is 0 Å². The van der Waals surface area contributed by atoms with Crippen molar-refractivity contribution in [2.45, 2.75) is 32.0 Å². The maximum Gasteiger partial charge on any atom is 0.302 e. The summed E-state index contributed by atoms with van der Waals surface area (Å²) in [5.74, 6) is 0.864. The Morgan fingerprint density at radius 1 is 1.12 bits per heavy atom. The molecule has 0 radical (unpaired) electrons. The largest absolute Gasteiger partial charge is 0.489 e. The van der Waals surface area contributed by atoms with Crippen LogP contribution in [0.2, 0.25) is 0 Å². The predicted molar refractivity (Wildman–Crippen MR) is 91.0 cm³/mol. The zero-order valence-corrected chi connectivity index (χ0v) is 14.2. The van der Waals surface area contributed by atoms with Gasteiger partial charge in [-0.2, -0.15) is 5.26 Å². The van der Waals surface area contributed by atoms with E-state index in [2.05, 4.69) is 6.07 Å². The molecule has 0 spiro atoms. The second-order valence-electron chi connectivity index (χ2n) is 6.26. The van der Waals surface area contributed by atoms with Crippen LogP contribution in [0.3, 0.4) is 0 Å². The average molecular weight is 351 g/mol. The Labute approximate surface area is 150 Å². The normalized spacial score (nSPS) is 20.3. The summed E-state index contributed by atoms with van der Waals surface area (Å²) in [6.07, 6.45) is -0.235. The van der Waals surface area contributed by atoms with Gasteiger partial charge >= 0.3 is 5.97 Å². The molecule has 0 N–H and O–H groups in total. The Morgan fingerprint density at radius 2 is 1.88 bits per heavy atom. The molecule has 0 bridgehead atoms. The maximum absolute atomic E-state index is 11.7. The molecule has 0 amide bonds. The van der Waals surface area contributed by atoms with Crippen molar-refractivity contribution < 1.29 is 23.7 Å². The van der Waals surface area contributed by atoms with Gasteiger partial charge in [0.1, 0.15) is 24.4 Å². The number of ether oxygens (including phenoxy) is 4. The molecule has 6 nitrogen and oxygen atoms in total. The van der Waals surface area contributed by atoms with E-state index in [1.807, 2.05) is 30.3 Å². The molecule has 2 aliphatic rings. The van der Waals surface area contributed by atoms with Gasteiger partial charge in [0.2, 0.25) is 6.79 Å². The Morgan fingerprint density at radius 3 is 2.65 bits per heavy atom. The zero-order chi connectivity index (χ0) is 18.1. The maximum atomic E-state index is 11.7. The number of fused-ring (bicyclic) bond motifs is 3. The fraction of sp³-hybridized carbons (Fsp3) is 0.300. The van der Waals surface area contributed by atoms with E-state index in [0.29, 0.717) is 23.7 Å². The highest BCUT2D eigenvalue weighted by atomic mass is 16.7. The number of para-hydroxylation sites is 1. The van der Waals surface area contributed by atoms with Crippen molar-refractivity contribution in [3.05, 3.63) is 53.1 Å². The van der Waals surface area contributed by atoms with E-state index in [1.54, 1.807) is 6.07 Å². The van der Waals surface area contributed by atoms with Crippen molar-refractivity contribution in [2.75, 3.05) is 6.79 Å². The van der Waals surface area contributed by atoms with Gasteiger partial charge in [0.25, 0.3) is 0 Å². The zero-order valence-electron chi connectivity index (χ0n) is 14.2. The van der Waals surface area contributed by atoms with Gasteiger partial charge in [-0.15, -0.1) is 0 Å². The highest BCUT2D eigenvalue weighted by Crippen LogP contribution is 2.40. The van der Waals surface area contributed by atoms with Crippen molar-refractivity contribution in [3.63, 3.8) is 0 Å². The molecule has 2 aliphatic heterocycles. The van der Waals surface area contributed by atoms with Gasteiger partial charge in [0, 0.05) is 13.3 Å². The lowest BCUT2D eigenvalue weighted by Gasteiger charge is -2.23. The number of carbonyl (C=O) groups excluding carboxylic acids is 1. The van der Waals surface area contributed by atoms with E-state index in [0.717, 1.165) is 16.7 Å². The quantitative estimate of drug-likeness (QED) is 0.735. The van der Waals surface area contributed by atoms with Crippen LogP contribution < -0.4 is 14.2 Å². The SMILES string of the molecule is CC(=O)O[C@@H]1Cc2ccccc2OCc2cc3c(cc2[C@H]1C#N)OCO3. The Bertz CT molecular complexity index is 902. The van der Waals surface area contributed by atoms with Gasteiger partial charge in [0.15, 0.2) is 11.5 Å². The summed E-state index contributed by atoms with van der Waals surface area (Å²) in [6, 6.07) is 13.5. The highest BCUT2D eigenvalue weighted by molar-refractivity contribution is 5.66. The molecule has 0 fully saturated rings. The van der Waals surface area contributed by atoms with Gasteiger partial charge in [-0.1, -0.05) is 18.2 Å². The summed E-state index contributed by atoms with van der Waals surface area (Å²) in [6.45, 7) is 1.78. The lowest BCUT2D eigenvalue weighted by atomic mass is 9.87. The lowest BCUT2D eigenvalue weighted by Crippen LogP contribution is -2.26. The number of rotatable bonds is 1. The molecule has 0 saturated carbocycles. The first-order chi connectivity index (χ1) is 12.7. The number of nitrogens with zero attached hydrogens (tertiary/aromatic N) is 1. The van der Waals surface area contributed by atoms with Crippen LogP contribution in [0.15, 0.2) is 36.4 Å². The summed E-state index contributed by atoms with van der Waals surface area (Å²) in [5.41, 5.74) is 2.44. The summed E-state index contributed by atoms with van der Waals surface area (Å²) >= 11 is 0. The van der Waals surface area contributed by atoms with E-state index < -0.39 is 18.0 Å². The summed E-state index contributed by atoms with van der Waals surface area (Å²) in [5, 5.41) is 9.87. The molecule has 0 aromatic heterocycles. The van der Waals surface area contributed by atoms with Crippen LogP contribution in [0, 0.1) is 11.3 Å². The molecule has 2 aromatic carbocycles. The van der Waals surface area contributed by atoms with E-state index >= 15 is 0 Å². The summed E-state index contributed by atoms with van der Waals surface area (Å²) in [4.78, 5) is 11.7. The number of carbonyl (C=O) groups is 1. The first kappa shape index (κ1) is 16.3. The number of esters is 1. The van der Waals surface area contributed by atoms with Crippen molar-refractivity contribution in [3.8, 4) is 23.3 Å². The number of benzene rings is 2. The van der Waals surface area contributed by atoms with Crippen LogP contribution in [0.4, 0.5) is 0 Å². The van der Waals surface area contributed by atoms with E-state index in [1.165, 1.54) is 6.92 Å². The van der Waals surface area contributed by atoms with Crippen LogP contribution in [0.1, 0.15) is 29.5 Å². The van der Waals surface area contributed by atoms with Gasteiger partial charge in [-0.25, -0.2) is 0 Å². The first-order valence-corrected chi connectivity index (χ1v) is 8.35. The monoisotopic (exact) mass is 351 g/mol. The summed E-state index contributed by atoms with van der Waals surface area (Å²) in [7, 11) is 0. The predicted octanol–water partition coefficient (Wildman–Crippen LogP) is 3.09. The fourth-order valence-corrected chi connectivity index (χ4v) is 3.39. The molecule has 2 heterocycles. The van der Waals surface area contributed by atoms with Crippen molar-refractivity contribution in [1.29, 1.82) is 5.26 Å². The Hall–Kier alpha value is -3.20. The van der Waals surface area contributed by atoms with Crippen LogP contribution in [-0.4, -0.2) is 18.9 Å². The standard InChI is InChI=1S/C20H17NO5/c1-12(22)26-18-6-13-4-2-3-5-17(13)23-10-14-7-19-20(25-11-24-19)8-15(14)16(18)9-21/h2-5,7-8,16,18H,6,10-11H2,1H3/t16-,18-/m1/s1. The van der Waals surface area contributed by atoms with Gasteiger partial charge in [-0.3, -0.25) is 4.79 Å². The molecule has 132 valence electrons. The topological polar surface area (TPSA) is 77.8 Å². The third kappa shape index (κ3) is 2.93. The third-order valence-corrected chi connectivity index (χ3v) is 4.57. The van der Waals surface area contributed by atoms with Crippen LogP contribution in [-0.2, 0) is 22.6 Å². The second-order valence-corrected chi connectivity index (χ2v) is 6.26. The van der Waals surface area contributed by atoms with E-state index in [4.69, 9.17) is 18.9 Å². The van der Waals surface area contributed by atoms with Gasteiger partial charge in [-0.05, 0) is 34.9 Å². The average Bonchev–Trinajstić information content (AvgIpc) is 3.09. The number of hydrogen-bond donors (Lipinski definition) is 0. The molecule has 2 aromatic rings. The minimum absolute atomic E-state index is 0.145. The number of nitriles is 1. The molecule has 26 heavy (non-hydrogen) atoms. The van der Waals surface area contributed by atoms with Crippen LogP contribution in [0.25, 0.3) is 0 Å². The molecule has 0 aliphatic carbocycles. The minimum atomic E-state index is -0.641. The molecular weight excluding hydrogens is 334 g/mol. The first-order valence-electron chi connectivity index (χ1n) is 8.35. The highest BCUT2D eigenvalue weighted by Gasteiger charge is 2.32. The fourth-order valence-electron chi connectivity index (χ4n) is 3.39. The molecular formula is C20H17NO5. The molecule has 4 rings (SSSR count). The van der Waals surface area contributed by atoms with E-state index in [9.17, 15) is 10.1 Å². The van der Waals surface area contributed by atoms with Gasteiger partial charge in [0.05, 0.1) is 6.07 Å². The van der Waals surface area contributed by atoms with Crippen molar-refractivity contribution >= 4 is 5.97 Å². The minimum Gasteiger partial charge on any atom is -0.489 e. The molecule has 6 heteroatoms. The molecule has 0 unspecified atom stereocenters. The smallest absolute Gasteiger partial charge is 0.302 e. The second kappa shape index (κ2) is 6.60. The molecule has 0 saturated heterocycles. The third-order valence-electron chi connectivity index (χ3n) is 4.57. The Kier molecular flexibility index (Phi) is 4.13. The van der Waals surface area contributed by atoms with Crippen molar-refractivity contribution in [2.24, 2.45) is 0 Å².